The van der Waals surface area contributed by atoms with Gasteiger partial charge in [0, 0.05) is 20.2 Å². The van der Waals surface area contributed by atoms with E-state index < -0.39 is 0 Å². The van der Waals surface area contributed by atoms with Gasteiger partial charge in [-0.25, -0.2) is 0 Å². The molecule has 2 rings (SSSR count). The Bertz CT molecular complexity index is 389. The normalized spacial score (nSPS) is 23.7. The zero-order valence-electron chi connectivity index (χ0n) is 11.2. The predicted octanol–water partition coefficient (Wildman–Crippen LogP) is 1.64. The number of likely N-dealkylation sites (N-methyl/N-ethyl adjacent to an activating group) is 1. The van der Waals surface area contributed by atoms with Crippen molar-refractivity contribution in [3.8, 4) is 5.75 Å². The highest BCUT2D eigenvalue weighted by Crippen LogP contribution is 2.34. The Kier molecular flexibility index (Phi) is 4.09. The average Bonchev–Trinajstić information content (AvgIpc) is 2.47. The van der Waals surface area contributed by atoms with Crippen molar-refractivity contribution < 1.29 is 9.47 Å². The van der Waals surface area contributed by atoms with Gasteiger partial charge < -0.3 is 20.1 Å². The van der Waals surface area contributed by atoms with Gasteiger partial charge in [-0.05, 0) is 25.0 Å². The molecule has 1 heterocycles. The first-order valence-electron chi connectivity index (χ1n) is 6.38. The fourth-order valence-corrected chi connectivity index (χ4v) is 2.56. The first-order chi connectivity index (χ1) is 8.73. The summed E-state index contributed by atoms with van der Waals surface area (Å²) in [5.74, 6) is 0.874. The molecule has 0 radical (unpaired) electrons. The van der Waals surface area contributed by atoms with Gasteiger partial charge in [-0.1, -0.05) is 12.1 Å². The van der Waals surface area contributed by atoms with Crippen molar-refractivity contribution in [3.63, 3.8) is 0 Å². The molecule has 1 aromatic rings. The Labute approximate surface area is 109 Å². The number of hydrogen-bond acceptors (Lipinski definition) is 4. The third-order valence-electron chi connectivity index (χ3n) is 3.84. The number of benzene rings is 1. The molecule has 0 aliphatic carbocycles. The highest BCUT2D eigenvalue weighted by Gasteiger charge is 2.36. The monoisotopic (exact) mass is 250 g/mol. The maximum atomic E-state index is 6.01. The van der Waals surface area contributed by atoms with Gasteiger partial charge in [0.25, 0.3) is 0 Å². The van der Waals surface area contributed by atoms with E-state index in [2.05, 4.69) is 18.0 Å². The topological polar surface area (TPSA) is 47.7 Å². The number of para-hydroxylation sites is 2. The minimum absolute atomic E-state index is 0.118. The fraction of sp³-hybridized carbons (Fsp3) is 0.571. The Hall–Kier alpha value is -1.26. The van der Waals surface area contributed by atoms with Crippen LogP contribution in [0.25, 0.3) is 0 Å². The van der Waals surface area contributed by atoms with Crippen molar-refractivity contribution in [3.05, 3.63) is 24.3 Å². The summed E-state index contributed by atoms with van der Waals surface area (Å²) in [6.07, 6.45) is 2.11. The molecule has 0 bridgehead atoms. The first-order valence-corrected chi connectivity index (χ1v) is 6.38. The molecule has 0 saturated carbocycles. The molecule has 1 atom stereocenters. The van der Waals surface area contributed by atoms with Crippen molar-refractivity contribution >= 4 is 5.69 Å². The standard InChI is InChI=1S/C14H22N2O2/c1-16(12-6-3-4-7-13(12)17-2)14(10-15)8-5-9-18-11-14/h3-4,6-7H,5,8-11,15H2,1-2H3. The number of ether oxygens (including phenoxy) is 2. The third kappa shape index (κ3) is 2.31. The Balaban J connectivity index is 2.30. The number of rotatable bonds is 4. The van der Waals surface area contributed by atoms with Gasteiger partial charge in [-0.2, -0.15) is 0 Å². The van der Waals surface area contributed by atoms with Crippen LogP contribution in [0.5, 0.6) is 5.75 Å². The highest BCUT2D eigenvalue weighted by atomic mass is 16.5. The number of methoxy groups -OCH3 is 1. The molecule has 1 aromatic carbocycles. The van der Waals surface area contributed by atoms with E-state index in [1.165, 1.54) is 0 Å². The fourth-order valence-electron chi connectivity index (χ4n) is 2.56. The van der Waals surface area contributed by atoms with E-state index in [-0.39, 0.29) is 5.54 Å². The lowest BCUT2D eigenvalue weighted by Crippen LogP contribution is -2.57. The summed E-state index contributed by atoms with van der Waals surface area (Å²) in [7, 11) is 3.76. The molecule has 0 amide bonds. The first kappa shape index (κ1) is 13.2. The van der Waals surface area contributed by atoms with Gasteiger partial charge in [0.05, 0.1) is 24.9 Å². The zero-order valence-corrected chi connectivity index (χ0v) is 11.2. The van der Waals surface area contributed by atoms with Crippen molar-refractivity contribution in [1.29, 1.82) is 0 Å². The van der Waals surface area contributed by atoms with Crippen LogP contribution in [0.1, 0.15) is 12.8 Å². The van der Waals surface area contributed by atoms with Crippen LogP contribution in [0.15, 0.2) is 24.3 Å². The van der Waals surface area contributed by atoms with Gasteiger partial charge in [0.2, 0.25) is 0 Å². The summed E-state index contributed by atoms with van der Waals surface area (Å²) in [6, 6.07) is 8.02. The molecule has 4 heteroatoms. The minimum atomic E-state index is -0.118. The highest BCUT2D eigenvalue weighted by molar-refractivity contribution is 5.59. The third-order valence-corrected chi connectivity index (χ3v) is 3.84. The van der Waals surface area contributed by atoms with Gasteiger partial charge in [-0.15, -0.1) is 0 Å². The second-order valence-corrected chi connectivity index (χ2v) is 4.82. The largest absolute Gasteiger partial charge is 0.495 e. The predicted molar refractivity (Wildman–Crippen MR) is 73.2 cm³/mol. The molecular formula is C14H22N2O2. The lowest BCUT2D eigenvalue weighted by Gasteiger charge is -2.45. The van der Waals surface area contributed by atoms with E-state index in [0.717, 1.165) is 30.9 Å². The maximum absolute atomic E-state index is 6.01. The second kappa shape index (κ2) is 5.59. The zero-order chi connectivity index (χ0) is 13.0. The van der Waals surface area contributed by atoms with Crippen molar-refractivity contribution in [2.75, 3.05) is 38.8 Å². The Morgan fingerprint density at radius 3 is 2.83 bits per heavy atom. The summed E-state index contributed by atoms with van der Waals surface area (Å²) in [5.41, 5.74) is 6.95. The molecule has 100 valence electrons. The van der Waals surface area contributed by atoms with Crippen LogP contribution in [0.2, 0.25) is 0 Å². The van der Waals surface area contributed by atoms with Crippen LogP contribution in [0, 0.1) is 0 Å². The van der Waals surface area contributed by atoms with Crippen LogP contribution in [0.3, 0.4) is 0 Å². The molecule has 1 fully saturated rings. The van der Waals surface area contributed by atoms with Gasteiger partial charge in [-0.3, -0.25) is 0 Å². The molecule has 2 N–H and O–H groups in total. The van der Waals surface area contributed by atoms with Gasteiger partial charge in [0.1, 0.15) is 5.75 Å². The van der Waals surface area contributed by atoms with Gasteiger partial charge >= 0.3 is 0 Å². The van der Waals surface area contributed by atoms with E-state index in [1.54, 1.807) is 7.11 Å². The van der Waals surface area contributed by atoms with Crippen LogP contribution in [-0.2, 0) is 4.74 Å². The smallest absolute Gasteiger partial charge is 0.142 e. The number of hydrogen-bond donors (Lipinski definition) is 1. The van der Waals surface area contributed by atoms with Crippen LogP contribution in [0.4, 0.5) is 5.69 Å². The van der Waals surface area contributed by atoms with Crippen molar-refractivity contribution in [2.45, 2.75) is 18.4 Å². The second-order valence-electron chi connectivity index (χ2n) is 4.82. The number of nitrogens with zero attached hydrogens (tertiary/aromatic N) is 1. The molecule has 0 spiro atoms. The quantitative estimate of drug-likeness (QED) is 0.882. The molecule has 4 nitrogen and oxygen atoms in total. The average molecular weight is 250 g/mol. The summed E-state index contributed by atoms with van der Waals surface area (Å²) in [4.78, 5) is 2.21. The summed E-state index contributed by atoms with van der Waals surface area (Å²) >= 11 is 0. The van der Waals surface area contributed by atoms with Gasteiger partial charge in [0.15, 0.2) is 0 Å². The molecule has 1 unspecified atom stereocenters. The molecular weight excluding hydrogens is 228 g/mol. The Morgan fingerprint density at radius 2 is 2.22 bits per heavy atom. The Morgan fingerprint density at radius 1 is 1.44 bits per heavy atom. The minimum Gasteiger partial charge on any atom is -0.495 e. The van der Waals surface area contributed by atoms with Crippen LogP contribution in [-0.4, -0.2) is 39.5 Å². The van der Waals surface area contributed by atoms with E-state index in [1.807, 2.05) is 18.2 Å². The van der Waals surface area contributed by atoms with E-state index in [4.69, 9.17) is 15.2 Å². The van der Waals surface area contributed by atoms with Crippen LogP contribution >= 0.6 is 0 Å². The SMILES string of the molecule is COc1ccccc1N(C)C1(CN)CCCOC1. The lowest BCUT2D eigenvalue weighted by atomic mass is 9.90. The van der Waals surface area contributed by atoms with Crippen molar-refractivity contribution in [1.82, 2.24) is 0 Å². The summed E-state index contributed by atoms with van der Waals surface area (Å²) in [6.45, 7) is 2.10. The summed E-state index contributed by atoms with van der Waals surface area (Å²) in [5, 5.41) is 0. The van der Waals surface area contributed by atoms with E-state index in [0.29, 0.717) is 13.2 Å². The lowest BCUT2D eigenvalue weighted by molar-refractivity contribution is 0.0394. The molecule has 1 aliphatic heterocycles. The van der Waals surface area contributed by atoms with Crippen molar-refractivity contribution in [2.24, 2.45) is 5.73 Å². The number of nitrogens with two attached hydrogens (primary N) is 1. The van der Waals surface area contributed by atoms with E-state index >= 15 is 0 Å². The maximum Gasteiger partial charge on any atom is 0.142 e. The molecule has 0 aromatic heterocycles. The van der Waals surface area contributed by atoms with Crippen LogP contribution < -0.4 is 15.4 Å². The molecule has 1 aliphatic rings. The van der Waals surface area contributed by atoms with E-state index in [9.17, 15) is 0 Å². The molecule has 1 saturated heterocycles. The summed E-state index contributed by atoms with van der Waals surface area (Å²) < 4.78 is 11.1. The molecule has 18 heavy (non-hydrogen) atoms. The number of anilines is 1.